The van der Waals surface area contributed by atoms with Gasteiger partial charge in [-0.25, -0.2) is 0 Å². The van der Waals surface area contributed by atoms with Crippen molar-refractivity contribution in [2.24, 2.45) is 10.9 Å². The van der Waals surface area contributed by atoms with E-state index in [0.717, 1.165) is 23.7 Å². The van der Waals surface area contributed by atoms with Crippen molar-refractivity contribution in [3.05, 3.63) is 24.3 Å². The SMILES string of the molecule is COc1ccc(N2C[C@@H](C(=O)NC3=NCCS3)CC2=O)cc1. The van der Waals surface area contributed by atoms with Gasteiger partial charge < -0.3 is 15.0 Å². The topological polar surface area (TPSA) is 71.0 Å². The first kappa shape index (κ1) is 14.9. The van der Waals surface area contributed by atoms with Gasteiger partial charge in [-0.3, -0.25) is 14.6 Å². The largest absolute Gasteiger partial charge is 0.497 e. The van der Waals surface area contributed by atoms with Gasteiger partial charge in [0, 0.05) is 24.4 Å². The lowest BCUT2D eigenvalue weighted by molar-refractivity contribution is -0.125. The smallest absolute Gasteiger partial charge is 0.231 e. The van der Waals surface area contributed by atoms with Gasteiger partial charge in [-0.05, 0) is 24.3 Å². The molecule has 1 aromatic carbocycles. The Morgan fingerprint density at radius 2 is 2.18 bits per heavy atom. The maximum absolute atomic E-state index is 12.2. The Hall–Kier alpha value is -2.02. The molecule has 22 heavy (non-hydrogen) atoms. The van der Waals surface area contributed by atoms with E-state index in [2.05, 4.69) is 10.3 Å². The van der Waals surface area contributed by atoms with Crippen LogP contribution in [0.4, 0.5) is 5.69 Å². The summed E-state index contributed by atoms with van der Waals surface area (Å²) in [4.78, 5) is 30.2. The molecular formula is C15H17N3O3S. The molecule has 1 saturated heterocycles. The standard InChI is InChI=1S/C15H17N3O3S/c1-21-12-4-2-11(3-5-12)18-9-10(8-13(18)19)14(20)17-15-16-6-7-22-15/h2-5,10H,6-9H2,1H3,(H,16,17,20)/t10-/m0/s1. The predicted octanol–water partition coefficient (Wildman–Crippen LogP) is 1.27. The Kier molecular flexibility index (Phi) is 4.33. The summed E-state index contributed by atoms with van der Waals surface area (Å²) in [6.07, 6.45) is 0.232. The maximum atomic E-state index is 12.2. The monoisotopic (exact) mass is 319 g/mol. The molecule has 2 amide bonds. The zero-order chi connectivity index (χ0) is 15.5. The first-order chi connectivity index (χ1) is 10.7. The Balaban J connectivity index is 1.65. The first-order valence-corrected chi connectivity index (χ1v) is 8.08. The van der Waals surface area contributed by atoms with Crippen molar-refractivity contribution >= 4 is 34.4 Å². The molecule has 2 aliphatic heterocycles. The number of hydrogen-bond donors (Lipinski definition) is 1. The summed E-state index contributed by atoms with van der Waals surface area (Å²) >= 11 is 1.54. The number of aliphatic imine (C=N–C) groups is 1. The van der Waals surface area contributed by atoms with Gasteiger partial charge in [-0.2, -0.15) is 0 Å². The van der Waals surface area contributed by atoms with Gasteiger partial charge >= 0.3 is 0 Å². The Morgan fingerprint density at radius 3 is 2.82 bits per heavy atom. The molecule has 3 rings (SSSR count). The van der Waals surface area contributed by atoms with E-state index in [-0.39, 0.29) is 24.2 Å². The molecule has 6 nitrogen and oxygen atoms in total. The fraction of sp³-hybridized carbons (Fsp3) is 0.400. The zero-order valence-corrected chi connectivity index (χ0v) is 13.1. The van der Waals surface area contributed by atoms with Crippen LogP contribution in [0, 0.1) is 5.92 Å². The highest BCUT2D eigenvalue weighted by molar-refractivity contribution is 8.14. The molecule has 0 radical (unpaired) electrons. The number of anilines is 1. The molecule has 0 aromatic heterocycles. The van der Waals surface area contributed by atoms with Crippen LogP contribution in [0.15, 0.2) is 29.3 Å². The van der Waals surface area contributed by atoms with Crippen LogP contribution in [-0.4, -0.2) is 42.9 Å². The number of hydrogen-bond acceptors (Lipinski definition) is 5. The Bertz CT molecular complexity index is 615. The molecule has 1 N–H and O–H groups in total. The molecule has 1 fully saturated rings. The van der Waals surface area contributed by atoms with Crippen LogP contribution >= 0.6 is 11.8 Å². The summed E-state index contributed by atoms with van der Waals surface area (Å²) in [5.41, 5.74) is 0.786. The van der Waals surface area contributed by atoms with Gasteiger partial charge in [-0.1, -0.05) is 11.8 Å². The highest BCUT2D eigenvalue weighted by Crippen LogP contribution is 2.27. The van der Waals surface area contributed by atoms with Gasteiger partial charge in [0.1, 0.15) is 5.75 Å². The molecule has 1 aromatic rings. The number of thioether (sulfide) groups is 1. The number of rotatable bonds is 3. The van der Waals surface area contributed by atoms with E-state index in [4.69, 9.17) is 4.74 Å². The van der Waals surface area contributed by atoms with Gasteiger partial charge in [0.15, 0.2) is 5.17 Å². The highest BCUT2D eigenvalue weighted by atomic mass is 32.2. The van der Waals surface area contributed by atoms with Crippen molar-refractivity contribution < 1.29 is 14.3 Å². The molecular weight excluding hydrogens is 302 g/mol. The van der Waals surface area contributed by atoms with Crippen molar-refractivity contribution in [2.45, 2.75) is 6.42 Å². The number of methoxy groups -OCH3 is 1. The van der Waals surface area contributed by atoms with E-state index in [1.807, 2.05) is 12.1 Å². The second-order valence-corrected chi connectivity index (χ2v) is 6.21. The Labute approximate surface area is 132 Å². The number of nitrogens with one attached hydrogen (secondary N) is 1. The summed E-state index contributed by atoms with van der Waals surface area (Å²) < 4.78 is 5.11. The number of carbonyl (C=O) groups excluding carboxylic acids is 2. The number of amidine groups is 1. The van der Waals surface area contributed by atoms with Crippen LogP contribution in [0.2, 0.25) is 0 Å². The first-order valence-electron chi connectivity index (χ1n) is 7.10. The van der Waals surface area contributed by atoms with Crippen LogP contribution in [0.1, 0.15) is 6.42 Å². The molecule has 0 spiro atoms. The number of amides is 2. The van der Waals surface area contributed by atoms with E-state index in [1.54, 1.807) is 24.1 Å². The van der Waals surface area contributed by atoms with Crippen molar-refractivity contribution in [3.8, 4) is 5.75 Å². The molecule has 0 saturated carbocycles. The average Bonchev–Trinajstić information content (AvgIpc) is 3.17. The van der Waals surface area contributed by atoms with Crippen molar-refractivity contribution in [1.82, 2.24) is 5.32 Å². The summed E-state index contributed by atoms with van der Waals surface area (Å²) in [6.45, 7) is 1.14. The Morgan fingerprint density at radius 1 is 1.41 bits per heavy atom. The minimum atomic E-state index is -0.335. The third-order valence-corrected chi connectivity index (χ3v) is 4.59. The molecule has 0 aliphatic carbocycles. The van der Waals surface area contributed by atoms with E-state index in [9.17, 15) is 9.59 Å². The number of carbonyl (C=O) groups is 2. The molecule has 0 unspecified atom stereocenters. The van der Waals surface area contributed by atoms with Crippen molar-refractivity contribution in [2.75, 3.05) is 30.9 Å². The zero-order valence-electron chi connectivity index (χ0n) is 12.2. The predicted molar refractivity (Wildman–Crippen MR) is 86.4 cm³/mol. The molecule has 1 atom stereocenters. The van der Waals surface area contributed by atoms with Crippen LogP contribution in [0.5, 0.6) is 5.75 Å². The summed E-state index contributed by atoms with van der Waals surface area (Å²) in [6, 6.07) is 7.27. The molecule has 0 bridgehead atoms. The van der Waals surface area contributed by atoms with Gasteiger partial charge in [0.2, 0.25) is 11.8 Å². The lowest BCUT2D eigenvalue weighted by Gasteiger charge is -2.17. The van der Waals surface area contributed by atoms with Gasteiger partial charge in [-0.15, -0.1) is 0 Å². The van der Waals surface area contributed by atoms with E-state index < -0.39 is 0 Å². The molecule has 2 aliphatic rings. The normalized spacial score (nSPS) is 21.0. The van der Waals surface area contributed by atoms with Gasteiger partial charge in [0.25, 0.3) is 0 Å². The molecule has 116 valence electrons. The third kappa shape index (κ3) is 3.09. The highest BCUT2D eigenvalue weighted by Gasteiger charge is 2.35. The summed E-state index contributed by atoms with van der Waals surface area (Å²) in [5, 5.41) is 3.47. The third-order valence-electron chi connectivity index (χ3n) is 3.70. The maximum Gasteiger partial charge on any atom is 0.231 e. The lowest BCUT2D eigenvalue weighted by Crippen LogP contribution is -2.35. The second-order valence-electron chi connectivity index (χ2n) is 5.13. The van der Waals surface area contributed by atoms with Crippen LogP contribution < -0.4 is 15.0 Å². The van der Waals surface area contributed by atoms with E-state index >= 15 is 0 Å². The fourth-order valence-electron chi connectivity index (χ4n) is 2.51. The number of ether oxygens (including phenoxy) is 1. The van der Waals surface area contributed by atoms with Crippen LogP contribution in [-0.2, 0) is 9.59 Å². The summed E-state index contributed by atoms with van der Waals surface area (Å²) in [5.74, 6) is 1.14. The van der Waals surface area contributed by atoms with E-state index in [1.165, 1.54) is 11.8 Å². The van der Waals surface area contributed by atoms with Crippen LogP contribution in [0.25, 0.3) is 0 Å². The van der Waals surface area contributed by atoms with Crippen molar-refractivity contribution in [3.63, 3.8) is 0 Å². The van der Waals surface area contributed by atoms with E-state index in [0.29, 0.717) is 11.7 Å². The molecule has 2 heterocycles. The quantitative estimate of drug-likeness (QED) is 0.911. The van der Waals surface area contributed by atoms with Crippen molar-refractivity contribution in [1.29, 1.82) is 0 Å². The number of benzene rings is 1. The second kappa shape index (κ2) is 6.39. The van der Waals surface area contributed by atoms with Crippen LogP contribution in [0.3, 0.4) is 0 Å². The fourth-order valence-corrected chi connectivity index (χ4v) is 3.24. The summed E-state index contributed by atoms with van der Waals surface area (Å²) in [7, 11) is 1.60. The lowest BCUT2D eigenvalue weighted by atomic mass is 10.1. The average molecular weight is 319 g/mol. The number of nitrogens with zero attached hydrogens (tertiary/aromatic N) is 2. The minimum Gasteiger partial charge on any atom is -0.497 e. The van der Waals surface area contributed by atoms with Gasteiger partial charge in [0.05, 0.1) is 19.6 Å². The minimum absolute atomic E-state index is 0.0358. The molecule has 7 heteroatoms.